The second kappa shape index (κ2) is 12.7. The van der Waals surface area contributed by atoms with Crippen LogP contribution < -0.4 is 9.80 Å². The van der Waals surface area contributed by atoms with Crippen LogP contribution in [0, 0.1) is 17.8 Å². The van der Waals surface area contributed by atoms with Crippen LogP contribution in [0.2, 0.25) is 0 Å². The zero-order valence-corrected chi connectivity index (χ0v) is 32.2. The smallest absolute Gasteiger partial charge is 0.0601 e. The summed E-state index contributed by atoms with van der Waals surface area (Å²) < 4.78 is 2.43. The molecule has 5 aliphatic rings. The summed E-state index contributed by atoms with van der Waals surface area (Å²) in [4.78, 5) is 7.48. The summed E-state index contributed by atoms with van der Waals surface area (Å²) in [7, 11) is 0. The van der Waals surface area contributed by atoms with E-state index in [0.717, 1.165) is 29.1 Å². The predicted octanol–water partition coefficient (Wildman–Crippen LogP) is 14.7. The number of nitrogens with zero attached hydrogens (tertiary/aromatic N) is 3. The van der Waals surface area contributed by atoms with Gasteiger partial charge in [-0.2, -0.15) is 0 Å². The van der Waals surface area contributed by atoms with Crippen molar-refractivity contribution in [2.75, 3.05) is 9.80 Å². The largest absolute Gasteiger partial charge is 0.310 e. The number of anilines is 6. The fraction of sp³-hybridized carbons (Fsp3) is 0.192. The minimum Gasteiger partial charge on any atom is -0.310 e. The van der Waals surface area contributed by atoms with Crippen molar-refractivity contribution in [3.63, 3.8) is 0 Å². The van der Waals surface area contributed by atoms with Gasteiger partial charge in [0.15, 0.2) is 0 Å². The van der Waals surface area contributed by atoms with Crippen molar-refractivity contribution in [1.29, 1.82) is 0 Å². The van der Waals surface area contributed by atoms with Crippen molar-refractivity contribution in [2.45, 2.75) is 53.7 Å². The van der Waals surface area contributed by atoms with Crippen molar-refractivity contribution in [1.82, 2.24) is 4.57 Å². The van der Waals surface area contributed by atoms with Crippen LogP contribution in [0.15, 0.2) is 180 Å². The molecule has 0 amide bonds. The van der Waals surface area contributed by atoms with Gasteiger partial charge in [0.1, 0.15) is 0 Å². The highest BCUT2D eigenvalue weighted by atomic mass is 32.2. The molecule has 8 aromatic rings. The summed E-state index contributed by atoms with van der Waals surface area (Å²) in [5.41, 5.74) is 12.7. The third kappa shape index (κ3) is 5.05. The Balaban J connectivity index is 1.02. The maximum absolute atomic E-state index is 2.51. The Hall–Kier alpha value is -5.71. The quantitative estimate of drug-likeness (QED) is 0.168. The SMILES string of the molecule is c1ccc(-n2c3ccccc3c3c(N(c4ccc(N5c6ccccc6Sc6ccccc65)cc4)c4ccc(C56CC7CC(CC(C7)C5)C6)cc4)cccc32)cc1. The summed E-state index contributed by atoms with van der Waals surface area (Å²) in [5.74, 6) is 2.77. The Morgan fingerprint density at radius 1 is 0.482 bits per heavy atom. The second-order valence-corrected chi connectivity index (χ2v) is 17.9. The van der Waals surface area contributed by atoms with E-state index >= 15 is 0 Å². The van der Waals surface area contributed by atoms with Crippen LogP contribution in [-0.4, -0.2) is 4.57 Å². The number of fused-ring (bicyclic) bond motifs is 5. The zero-order valence-electron chi connectivity index (χ0n) is 31.4. The zero-order chi connectivity index (χ0) is 36.8. The van der Waals surface area contributed by atoms with E-state index < -0.39 is 0 Å². The average Bonchev–Trinajstić information content (AvgIpc) is 3.58. The molecule has 3 nitrogen and oxygen atoms in total. The molecule has 0 radical (unpaired) electrons. The number of para-hydroxylation sites is 4. The molecule has 0 atom stereocenters. The first kappa shape index (κ1) is 32.5. The maximum Gasteiger partial charge on any atom is 0.0601 e. The first-order chi connectivity index (χ1) is 27.7. The van der Waals surface area contributed by atoms with Gasteiger partial charge in [-0.05, 0) is 158 Å². The molecule has 56 heavy (non-hydrogen) atoms. The molecule has 2 heterocycles. The average molecular weight is 742 g/mol. The molecule has 0 unspecified atom stereocenters. The molecule has 4 saturated carbocycles. The number of benzene rings is 7. The van der Waals surface area contributed by atoms with E-state index in [4.69, 9.17) is 0 Å². The third-order valence-corrected chi connectivity index (χ3v) is 14.6. The van der Waals surface area contributed by atoms with Gasteiger partial charge in [0.25, 0.3) is 0 Å². The first-order valence-corrected chi connectivity index (χ1v) is 21.3. The highest BCUT2D eigenvalue weighted by Gasteiger charge is 2.51. The first-order valence-electron chi connectivity index (χ1n) is 20.4. The van der Waals surface area contributed by atoms with Gasteiger partial charge in [-0.15, -0.1) is 0 Å². The molecular formula is C52H43N3S. The second-order valence-electron chi connectivity index (χ2n) is 16.8. The summed E-state index contributed by atoms with van der Waals surface area (Å²) >= 11 is 1.85. The van der Waals surface area contributed by atoms with E-state index in [1.54, 1.807) is 5.56 Å². The van der Waals surface area contributed by atoms with Gasteiger partial charge < -0.3 is 14.4 Å². The highest BCUT2D eigenvalue weighted by Crippen LogP contribution is 2.61. The molecule has 4 heteroatoms. The fourth-order valence-corrected chi connectivity index (χ4v) is 12.7. The minimum absolute atomic E-state index is 0.363. The van der Waals surface area contributed by atoms with Crippen molar-refractivity contribution >= 4 is 67.7 Å². The van der Waals surface area contributed by atoms with Gasteiger partial charge in [0.05, 0.1) is 28.1 Å². The molecule has 1 aromatic heterocycles. The van der Waals surface area contributed by atoms with Crippen LogP contribution in [0.25, 0.3) is 27.5 Å². The van der Waals surface area contributed by atoms with Crippen LogP contribution in [0.5, 0.6) is 0 Å². The lowest BCUT2D eigenvalue weighted by molar-refractivity contribution is -0.00518. The molecule has 0 N–H and O–H groups in total. The van der Waals surface area contributed by atoms with Crippen molar-refractivity contribution in [3.8, 4) is 5.69 Å². The van der Waals surface area contributed by atoms with Crippen molar-refractivity contribution < 1.29 is 0 Å². The topological polar surface area (TPSA) is 11.4 Å². The Labute approximate surface area is 333 Å². The summed E-state index contributed by atoms with van der Waals surface area (Å²) in [6.45, 7) is 0. The summed E-state index contributed by atoms with van der Waals surface area (Å²) in [6, 6.07) is 63.2. The fourth-order valence-electron chi connectivity index (χ4n) is 11.6. The van der Waals surface area contributed by atoms with Gasteiger partial charge in [-0.1, -0.05) is 90.6 Å². The Morgan fingerprint density at radius 2 is 1.04 bits per heavy atom. The van der Waals surface area contributed by atoms with Gasteiger partial charge in [-0.25, -0.2) is 0 Å². The molecule has 0 spiro atoms. The molecule has 4 aliphatic carbocycles. The van der Waals surface area contributed by atoms with E-state index in [0.29, 0.717) is 5.41 Å². The number of rotatable bonds is 6. The standard InChI is InChI=1S/C52H43N3S/c1-2-11-39(12-3-1)54-44-14-5-4-13-43(44)51-47(17-10-18-48(51)54)53(40-23-21-38(22-24-40)52-32-35-29-36(33-52)31-37(30-35)34-52)41-25-27-42(28-26-41)55-45-15-6-8-19-49(45)56-50-20-9-7-16-46(50)55/h1-28,35-37H,29-34H2. The number of hydrogen-bond donors (Lipinski definition) is 0. The van der Waals surface area contributed by atoms with Gasteiger partial charge in [-0.3, -0.25) is 0 Å². The lowest BCUT2D eigenvalue weighted by Crippen LogP contribution is -2.48. The van der Waals surface area contributed by atoms with Crippen LogP contribution in [0.4, 0.5) is 34.1 Å². The lowest BCUT2D eigenvalue weighted by Gasteiger charge is -2.57. The summed E-state index contributed by atoms with van der Waals surface area (Å²) in [6.07, 6.45) is 8.54. The van der Waals surface area contributed by atoms with Crippen molar-refractivity contribution in [3.05, 3.63) is 175 Å². The van der Waals surface area contributed by atoms with Crippen LogP contribution in [0.3, 0.4) is 0 Å². The molecule has 1 aliphatic heterocycles. The molecular weight excluding hydrogens is 699 g/mol. The monoisotopic (exact) mass is 741 g/mol. The van der Waals surface area contributed by atoms with Crippen molar-refractivity contribution in [2.24, 2.45) is 17.8 Å². The molecule has 7 aromatic carbocycles. The normalized spacial score (nSPS) is 22.0. The van der Waals surface area contributed by atoms with Gasteiger partial charge in [0, 0.05) is 43.3 Å². The van der Waals surface area contributed by atoms with E-state index in [-0.39, 0.29) is 0 Å². The molecule has 272 valence electrons. The molecule has 4 fully saturated rings. The summed E-state index contributed by atoms with van der Waals surface area (Å²) in [5, 5.41) is 2.52. The molecule has 13 rings (SSSR count). The Bertz CT molecular complexity index is 2680. The minimum atomic E-state index is 0.363. The maximum atomic E-state index is 2.51. The Morgan fingerprint density at radius 3 is 1.70 bits per heavy atom. The van der Waals surface area contributed by atoms with Gasteiger partial charge in [0.2, 0.25) is 0 Å². The Kier molecular flexibility index (Phi) is 7.35. The van der Waals surface area contributed by atoms with E-state index in [1.807, 2.05) is 11.8 Å². The number of hydrogen-bond acceptors (Lipinski definition) is 3. The van der Waals surface area contributed by atoms with E-state index in [1.165, 1.54) is 98.6 Å². The van der Waals surface area contributed by atoms with Crippen LogP contribution in [-0.2, 0) is 5.41 Å². The molecule has 0 saturated heterocycles. The predicted molar refractivity (Wildman–Crippen MR) is 234 cm³/mol. The molecule has 4 bridgehead atoms. The number of aromatic nitrogens is 1. The van der Waals surface area contributed by atoms with E-state index in [9.17, 15) is 0 Å². The highest BCUT2D eigenvalue weighted by molar-refractivity contribution is 7.99. The van der Waals surface area contributed by atoms with E-state index in [2.05, 4.69) is 184 Å². The van der Waals surface area contributed by atoms with Crippen LogP contribution >= 0.6 is 11.8 Å². The van der Waals surface area contributed by atoms with Crippen LogP contribution in [0.1, 0.15) is 44.1 Å². The third-order valence-electron chi connectivity index (χ3n) is 13.5. The lowest BCUT2D eigenvalue weighted by atomic mass is 9.48. The van der Waals surface area contributed by atoms with Gasteiger partial charge >= 0.3 is 0 Å².